The molecule has 2 aromatic carbocycles. The Hall–Kier alpha value is -1.75. The highest BCUT2D eigenvalue weighted by Crippen LogP contribution is 2.27. The van der Waals surface area contributed by atoms with Crippen molar-refractivity contribution in [3.8, 4) is 0 Å². The minimum absolute atomic E-state index is 0.00776. The number of hydrogen-bond donors (Lipinski definition) is 1. The van der Waals surface area contributed by atoms with Gasteiger partial charge < -0.3 is 10.2 Å². The van der Waals surface area contributed by atoms with Gasteiger partial charge in [-0.05, 0) is 47.7 Å². The molecule has 0 saturated heterocycles. The maximum Gasteiger partial charge on any atom is 0.241 e. The molecule has 0 spiro atoms. The van der Waals surface area contributed by atoms with Crippen molar-refractivity contribution in [1.82, 2.24) is 0 Å². The molecular formula is C20H21Cl3N2O2. The van der Waals surface area contributed by atoms with Crippen molar-refractivity contribution in [2.75, 3.05) is 35.1 Å². The van der Waals surface area contributed by atoms with Crippen LogP contribution in [-0.4, -0.2) is 36.0 Å². The van der Waals surface area contributed by atoms with Crippen LogP contribution < -0.4 is 10.2 Å². The number of carbonyl (C=O) groups is 2. The number of fused-ring (bicyclic) bond motifs is 2. The standard InChI is InChI=1S/C10H10ClNO.C8H9N.C2H2Cl2O/c11-7-10(13)12-6-5-8-3-1-2-4-9(8)12;1-2-4-8-7(3-1)5-6-9-8;3-1-2(4)5/h1-4H,5-7H2;1-4,9H,5-6H2;1H2. The number of rotatable bonds is 2. The molecule has 2 heterocycles. The first kappa shape index (κ1) is 21.5. The van der Waals surface area contributed by atoms with Gasteiger partial charge in [-0.2, -0.15) is 0 Å². The Labute approximate surface area is 174 Å². The maximum atomic E-state index is 11.4. The van der Waals surface area contributed by atoms with Crippen molar-refractivity contribution in [1.29, 1.82) is 0 Å². The van der Waals surface area contributed by atoms with Gasteiger partial charge in [0.15, 0.2) is 0 Å². The van der Waals surface area contributed by atoms with Crippen LogP contribution in [0.15, 0.2) is 48.5 Å². The van der Waals surface area contributed by atoms with Gasteiger partial charge in [0.1, 0.15) is 5.88 Å². The average molecular weight is 428 g/mol. The summed E-state index contributed by atoms with van der Waals surface area (Å²) in [6.07, 6.45) is 2.13. The number of alkyl halides is 2. The molecule has 0 saturated carbocycles. The van der Waals surface area contributed by atoms with E-state index < -0.39 is 5.24 Å². The molecule has 0 atom stereocenters. The molecule has 0 aliphatic carbocycles. The zero-order valence-electron chi connectivity index (χ0n) is 14.8. The largest absolute Gasteiger partial charge is 0.384 e. The summed E-state index contributed by atoms with van der Waals surface area (Å²) in [6, 6.07) is 16.4. The second-order valence-electron chi connectivity index (χ2n) is 5.88. The molecular weight excluding hydrogens is 407 g/mol. The molecule has 0 unspecified atom stereocenters. The predicted molar refractivity (Wildman–Crippen MR) is 113 cm³/mol. The number of hydrogen-bond acceptors (Lipinski definition) is 3. The molecule has 144 valence electrons. The molecule has 0 fully saturated rings. The minimum atomic E-state index is -0.508. The summed E-state index contributed by atoms with van der Waals surface area (Å²) in [5, 5.41) is 2.79. The Morgan fingerprint density at radius 2 is 1.56 bits per heavy atom. The van der Waals surface area contributed by atoms with E-state index in [1.54, 1.807) is 4.90 Å². The lowest BCUT2D eigenvalue weighted by Gasteiger charge is -2.15. The molecule has 0 bridgehead atoms. The Bertz CT molecular complexity index is 760. The predicted octanol–water partition coefficient (Wildman–Crippen LogP) is 4.46. The third-order valence-electron chi connectivity index (χ3n) is 4.13. The van der Waals surface area contributed by atoms with E-state index in [1.807, 2.05) is 18.2 Å². The molecule has 4 nitrogen and oxygen atoms in total. The van der Waals surface area contributed by atoms with Gasteiger partial charge in [0.05, 0.1) is 5.88 Å². The van der Waals surface area contributed by atoms with Crippen molar-refractivity contribution < 1.29 is 9.59 Å². The summed E-state index contributed by atoms with van der Waals surface area (Å²) in [4.78, 5) is 22.6. The average Bonchev–Trinajstić information content (AvgIpc) is 3.35. The maximum absolute atomic E-state index is 11.4. The molecule has 4 rings (SSSR count). The molecule has 1 N–H and O–H groups in total. The van der Waals surface area contributed by atoms with Gasteiger partial charge in [-0.15, -0.1) is 23.2 Å². The number of carbonyl (C=O) groups excluding carboxylic acids is 2. The van der Waals surface area contributed by atoms with Gasteiger partial charge in [0.2, 0.25) is 11.1 Å². The number of halogens is 3. The van der Waals surface area contributed by atoms with Gasteiger partial charge >= 0.3 is 0 Å². The number of amides is 1. The Balaban J connectivity index is 0.000000162. The first-order valence-corrected chi connectivity index (χ1v) is 10.0. The van der Waals surface area contributed by atoms with E-state index in [-0.39, 0.29) is 17.7 Å². The second-order valence-corrected chi connectivity index (χ2v) is 6.84. The van der Waals surface area contributed by atoms with E-state index in [2.05, 4.69) is 35.6 Å². The quantitative estimate of drug-likeness (QED) is 0.568. The molecule has 2 aromatic rings. The lowest BCUT2D eigenvalue weighted by atomic mass is 10.2. The lowest BCUT2D eigenvalue weighted by Crippen LogP contribution is -2.29. The smallest absolute Gasteiger partial charge is 0.241 e. The Kier molecular flexibility index (Phi) is 8.92. The molecule has 0 aromatic heterocycles. The van der Waals surface area contributed by atoms with Crippen LogP contribution in [0.1, 0.15) is 11.1 Å². The first-order valence-electron chi connectivity index (χ1n) is 8.57. The number of benzene rings is 2. The highest BCUT2D eigenvalue weighted by molar-refractivity contribution is 6.67. The van der Waals surface area contributed by atoms with Crippen LogP contribution in [0.4, 0.5) is 11.4 Å². The minimum Gasteiger partial charge on any atom is -0.384 e. The molecule has 2 aliphatic heterocycles. The summed E-state index contributed by atoms with van der Waals surface area (Å²) in [5.74, 6) is -0.0396. The van der Waals surface area contributed by atoms with Crippen molar-refractivity contribution in [3.05, 3.63) is 59.7 Å². The van der Waals surface area contributed by atoms with Crippen LogP contribution in [0.25, 0.3) is 0 Å². The molecule has 2 aliphatic rings. The van der Waals surface area contributed by atoms with Gasteiger partial charge in [-0.3, -0.25) is 9.59 Å². The van der Waals surface area contributed by atoms with E-state index in [4.69, 9.17) is 34.8 Å². The van der Waals surface area contributed by atoms with Gasteiger partial charge in [0.25, 0.3) is 0 Å². The second kappa shape index (κ2) is 11.2. The zero-order valence-corrected chi connectivity index (χ0v) is 17.0. The highest BCUT2D eigenvalue weighted by Gasteiger charge is 2.22. The summed E-state index contributed by atoms with van der Waals surface area (Å²) >= 11 is 15.1. The van der Waals surface area contributed by atoms with Gasteiger partial charge in [-0.1, -0.05) is 36.4 Å². The monoisotopic (exact) mass is 426 g/mol. The molecule has 0 radical (unpaired) electrons. The Morgan fingerprint density at radius 3 is 2.19 bits per heavy atom. The number of nitrogens with zero attached hydrogens (tertiary/aromatic N) is 1. The van der Waals surface area contributed by atoms with Crippen LogP contribution in [0.2, 0.25) is 0 Å². The number of anilines is 2. The van der Waals surface area contributed by atoms with Crippen molar-refractivity contribution in [3.63, 3.8) is 0 Å². The highest BCUT2D eigenvalue weighted by atomic mass is 35.5. The summed E-state index contributed by atoms with van der Waals surface area (Å²) in [5.41, 5.74) is 5.03. The fraction of sp³-hybridized carbons (Fsp3) is 0.300. The van der Waals surface area contributed by atoms with Crippen LogP contribution >= 0.6 is 34.8 Å². The van der Waals surface area contributed by atoms with Crippen LogP contribution in [0, 0.1) is 0 Å². The molecule has 7 heteroatoms. The van der Waals surface area contributed by atoms with E-state index in [0.29, 0.717) is 0 Å². The van der Waals surface area contributed by atoms with Crippen molar-refractivity contribution in [2.24, 2.45) is 0 Å². The summed E-state index contributed by atoms with van der Waals surface area (Å²) in [6.45, 7) is 1.88. The molecule has 1 amide bonds. The number of nitrogens with one attached hydrogen (secondary N) is 1. The van der Waals surface area contributed by atoms with Crippen molar-refractivity contribution in [2.45, 2.75) is 12.8 Å². The third-order valence-corrected chi connectivity index (χ3v) is 4.88. The van der Waals surface area contributed by atoms with E-state index >= 15 is 0 Å². The van der Waals surface area contributed by atoms with E-state index in [0.717, 1.165) is 25.2 Å². The van der Waals surface area contributed by atoms with E-state index in [1.165, 1.54) is 23.2 Å². The number of para-hydroxylation sites is 2. The fourth-order valence-electron chi connectivity index (χ4n) is 2.91. The summed E-state index contributed by atoms with van der Waals surface area (Å²) < 4.78 is 0. The Morgan fingerprint density at radius 1 is 0.926 bits per heavy atom. The lowest BCUT2D eigenvalue weighted by molar-refractivity contribution is -0.116. The topological polar surface area (TPSA) is 49.4 Å². The van der Waals surface area contributed by atoms with Crippen LogP contribution in [-0.2, 0) is 22.4 Å². The van der Waals surface area contributed by atoms with Crippen LogP contribution in [0.3, 0.4) is 0 Å². The normalized spacial score (nSPS) is 13.2. The molecule has 27 heavy (non-hydrogen) atoms. The van der Waals surface area contributed by atoms with Crippen LogP contribution in [0.5, 0.6) is 0 Å². The van der Waals surface area contributed by atoms with E-state index in [9.17, 15) is 9.59 Å². The fourth-order valence-corrected chi connectivity index (χ4v) is 3.06. The van der Waals surface area contributed by atoms with Crippen molar-refractivity contribution >= 4 is 57.3 Å². The van der Waals surface area contributed by atoms with Gasteiger partial charge in [0, 0.05) is 24.5 Å². The summed E-state index contributed by atoms with van der Waals surface area (Å²) in [7, 11) is 0. The first-order chi connectivity index (χ1) is 13.1. The SMILES string of the molecule is O=C(CCl)N1CCc2ccccc21.O=C(Cl)CCl.c1ccc2c(c1)CCN2. The zero-order chi connectivity index (χ0) is 19.6. The van der Waals surface area contributed by atoms with Gasteiger partial charge in [-0.25, -0.2) is 0 Å². The third kappa shape index (κ3) is 6.42.